The highest BCUT2D eigenvalue weighted by molar-refractivity contribution is 7.99. The molecule has 0 spiro atoms. The molecular weight excluding hydrogens is 394 g/mol. The van der Waals surface area contributed by atoms with E-state index in [-0.39, 0.29) is 5.78 Å². The van der Waals surface area contributed by atoms with Crippen LogP contribution < -0.4 is 0 Å². The van der Waals surface area contributed by atoms with Crippen LogP contribution in [-0.4, -0.2) is 26.3 Å². The standard InChI is InChI=1S/C24H21N3O2S/c1-3-27-23(19-10-11-29-15(19)2)25-26-24(27)30-14-22(28)18-9-8-17-12-16-6-4-5-7-20(16)21(17)13-18/h4-11,13H,3,12,14H2,1-2H3. The Hall–Kier alpha value is -3.12. The van der Waals surface area contributed by atoms with E-state index in [1.54, 1.807) is 6.26 Å². The van der Waals surface area contributed by atoms with Crippen molar-refractivity contribution in [3.8, 4) is 22.5 Å². The van der Waals surface area contributed by atoms with E-state index in [9.17, 15) is 4.79 Å². The quantitative estimate of drug-likeness (QED) is 0.274. The summed E-state index contributed by atoms with van der Waals surface area (Å²) in [6.07, 6.45) is 2.59. The van der Waals surface area contributed by atoms with Crippen molar-refractivity contribution >= 4 is 17.5 Å². The van der Waals surface area contributed by atoms with Gasteiger partial charge < -0.3 is 8.98 Å². The van der Waals surface area contributed by atoms with E-state index in [1.165, 1.54) is 34.0 Å². The normalized spacial score (nSPS) is 12.1. The predicted molar refractivity (Wildman–Crippen MR) is 118 cm³/mol. The lowest BCUT2D eigenvalue weighted by atomic mass is 10.0. The van der Waals surface area contributed by atoms with Crippen LogP contribution >= 0.6 is 11.8 Å². The lowest BCUT2D eigenvalue weighted by Gasteiger charge is -2.07. The number of carbonyl (C=O) groups is 1. The molecule has 2 aromatic carbocycles. The van der Waals surface area contributed by atoms with Crippen molar-refractivity contribution < 1.29 is 9.21 Å². The van der Waals surface area contributed by atoms with Gasteiger partial charge in [0.2, 0.25) is 0 Å². The Morgan fingerprint density at radius 1 is 1.07 bits per heavy atom. The zero-order valence-electron chi connectivity index (χ0n) is 16.9. The van der Waals surface area contributed by atoms with Gasteiger partial charge in [0.1, 0.15) is 5.76 Å². The van der Waals surface area contributed by atoms with Crippen LogP contribution in [0, 0.1) is 6.92 Å². The number of rotatable bonds is 6. The average molecular weight is 416 g/mol. The number of aromatic nitrogens is 3. The largest absolute Gasteiger partial charge is 0.469 e. The number of aryl methyl sites for hydroxylation is 1. The molecule has 1 aliphatic carbocycles. The van der Waals surface area contributed by atoms with Crippen molar-refractivity contribution in [1.29, 1.82) is 0 Å². The number of Topliss-reactive ketones (excluding diaryl/α,β-unsaturated/α-hetero) is 1. The topological polar surface area (TPSA) is 60.9 Å². The maximum atomic E-state index is 12.9. The van der Waals surface area contributed by atoms with Crippen molar-refractivity contribution in [1.82, 2.24) is 14.8 Å². The summed E-state index contributed by atoms with van der Waals surface area (Å²) in [5.41, 5.74) is 6.69. The third-order valence-electron chi connectivity index (χ3n) is 5.59. The Morgan fingerprint density at radius 2 is 1.90 bits per heavy atom. The molecule has 6 heteroatoms. The number of hydrogen-bond acceptors (Lipinski definition) is 5. The van der Waals surface area contributed by atoms with E-state index in [1.807, 2.05) is 36.6 Å². The summed E-state index contributed by atoms with van der Waals surface area (Å²) >= 11 is 1.43. The first kappa shape index (κ1) is 18.9. The van der Waals surface area contributed by atoms with Gasteiger partial charge in [-0.15, -0.1) is 10.2 Å². The first-order chi connectivity index (χ1) is 14.7. The predicted octanol–water partition coefficient (Wildman–Crippen LogP) is 5.41. The highest BCUT2D eigenvalue weighted by Gasteiger charge is 2.21. The molecule has 0 amide bonds. The van der Waals surface area contributed by atoms with Gasteiger partial charge in [-0.3, -0.25) is 4.79 Å². The number of benzene rings is 2. The fraction of sp³-hybridized carbons (Fsp3) is 0.208. The zero-order valence-corrected chi connectivity index (χ0v) is 17.7. The molecule has 0 radical (unpaired) electrons. The number of ketones is 1. The fourth-order valence-electron chi connectivity index (χ4n) is 4.01. The Bertz CT molecular complexity index is 1260. The van der Waals surface area contributed by atoms with Crippen LogP contribution in [-0.2, 0) is 13.0 Å². The second-order valence-electron chi connectivity index (χ2n) is 7.36. The Morgan fingerprint density at radius 3 is 2.70 bits per heavy atom. The van der Waals surface area contributed by atoms with Crippen LogP contribution in [0.2, 0.25) is 0 Å². The number of carbonyl (C=O) groups excluding carboxylic acids is 1. The molecule has 4 aromatic rings. The molecule has 5 rings (SSSR count). The smallest absolute Gasteiger partial charge is 0.191 e. The van der Waals surface area contributed by atoms with Crippen LogP contribution in [0.5, 0.6) is 0 Å². The molecular formula is C24H21N3O2S. The van der Waals surface area contributed by atoms with Gasteiger partial charge in [-0.25, -0.2) is 0 Å². The van der Waals surface area contributed by atoms with Gasteiger partial charge in [0.25, 0.3) is 0 Å². The van der Waals surface area contributed by atoms with Crippen molar-refractivity contribution in [2.45, 2.75) is 32.0 Å². The number of fused-ring (bicyclic) bond motifs is 3. The third-order valence-corrected chi connectivity index (χ3v) is 6.55. The fourth-order valence-corrected chi connectivity index (χ4v) is 4.90. The van der Waals surface area contributed by atoms with Crippen LogP contribution in [0.25, 0.3) is 22.5 Å². The van der Waals surface area contributed by atoms with Gasteiger partial charge in [-0.1, -0.05) is 48.2 Å². The molecule has 0 saturated heterocycles. The molecule has 0 fully saturated rings. The molecule has 1 aliphatic rings. The maximum absolute atomic E-state index is 12.9. The van der Waals surface area contributed by atoms with Crippen LogP contribution in [0.3, 0.4) is 0 Å². The minimum Gasteiger partial charge on any atom is -0.469 e. The van der Waals surface area contributed by atoms with Gasteiger partial charge >= 0.3 is 0 Å². The van der Waals surface area contributed by atoms with E-state index >= 15 is 0 Å². The molecule has 2 heterocycles. The molecule has 0 bridgehead atoms. The summed E-state index contributed by atoms with van der Waals surface area (Å²) in [5, 5.41) is 9.40. The molecule has 0 unspecified atom stereocenters. The molecule has 0 saturated carbocycles. The minimum atomic E-state index is 0.0962. The van der Waals surface area contributed by atoms with E-state index < -0.39 is 0 Å². The molecule has 150 valence electrons. The highest BCUT2D eigenvalue weighted by Crippen LogP contribution is 2.37. The number of furan rings is 1. The third kappa shape index (κ3) is 3.17. The summed E-state index contributed by atoms with van der Waals surface area (Å²) in [6.45, 7) is 4.68. The lowest BCUT2D eigenvalue weighted by Crippen LogP contribution is -2.05. The zero-order chi connectivity index (χ0) is 20.7. The molecule has 30 heavy (non-hydrogen) atoms. The second-order valence-corrected chi connectivity index (χ2v) is 8.30. The Kier molecular flexibility index (Phi) is 4.79. The SMILES string of the molecule is CCn1c(SCC(=O)c2ccc3c(c2)-c2ccccc2C3)nnc1-c1ccoc1C. The molecule has 5 nitrogen and oxygen atoms in total. The molecule has 2 aromatic heterocycles. The Balaban J connectivity index is 1.36. The van der Waals surface area contributed by atoms with E-state index in [0.717, 1.165) is 40.8 Å². The van der Waals surface area contributed by atoms with Crippen molar-refractivity contribution in [3.05, 3.63) is 77.2 Å². The number of hydrogen-bond donors (Lipinski definition) is 0. The van der Waals surface area contributed by atoms with Crippen molar-refractivity contribution in [2.75, 3.05) is 5.75 Å². The number of thioether (sulfide) groups is 1. The van der Waals surface area contributed by atoms with Gasteiger partial charge in [-0.05, 0) is 54.7 Å². The van der Waals surface area contributed by atoms with Crippen LogP contribution in [0.15, 0.2) is 64.4 Å². The van der Waals surface area contributed by atoms with E-state index in [4.69, 9.17) is 4.42 Å². The summed E-state index contributed by atoms with van der Waals surface area (Å²) < 4.78 is 7.43. The van der Waals surface area contributed by atoms with Crippen LogP contribution in [0.4, 0.5) is 0 Å². The van der Waals surface area contributed by atoms with Gasteiger partial charge in [0.15, 0.2) is 16.8 Å². The Labute approximate surface area is 179 Å². The summed E-state index contributed by atoms with van der Waals surface area (Å²) in [5.74, 6) is 2.00. The van der Waals surface area contributed by atoms with Gasteiger partial charge in [-0.2, -0.15) is 0 Å². The van der Waals surface area contributed by atoms with Crippen molar-refractivity contribution in [3.63, 3.8) is 0 Å². The van der Waals surface area contributed by atoms with Crippen LogP contribution in [0.1, 0.15) is 34.2 Å². The van der Waals surface area contributed by atoms with E-state index in [0.29, 0.717) is 5.75 Å². The summed E-state index contributed by atoms with van der Waals surface area (Å²) in [6, 6.07) is 16.4. The van der Waals surface area contributed by atoms with Crippen molar-refractivity contribution in [2.24, 2.45) is 0 Å². The average Bonchev–Trinajstić information content (AvgIpc) is 3.47. The number of nitrogens with zero attached hydrogens (tertiary/aromatic N) is 3. The second kappa shape index (κ2) is 7.61. The summed E-state index contributed by atoms with van der Waals surface area (Å²) in [7, 11) is 0. The monoisotopic (exact) mass is 415 g/mol. The molecule has 0 atom stereocenters. The van der Waals surface area contributed by atoms with Gasteiger partial charge in [0.05, 0.1) is 17.6 Å². The molecule has 0 aliphatic heterocycles. The first-order valence-electron chi connectivity index (χ1n) is 10.0. The maximum Gasteiger partial charge on any atom is 0.191 e. The highest BCUT2D eigenvalue weighted by atomic mass is 32.2. The minimum absolute atomic E-state index is 0.0962. The first-order valence-corrected chi connectivity index (χ1v) is 11.0. The lowest BCUT2D eigenvalue weighted by molar-refractivity contribution is 0.102. The summed E-state index contributed by atoms with van der Waals surface area (Å²) in [4.78, 5) is 12.9. The van der Waals surface area contributed by atoms with E-state index in [2.05, 4.69) is 40.5 Å². The molecule has 0 N–H and O–H groups in total. The van der Waals surface area contributed by atoms with Gasteiger partial charge in [0, 0.05) is 12.1 Å².